The van der Waals surface area contributed by atoms with Crippen LogP contribution >= 0.6 is 0 Å². The zero-order chi connectivity index (χ0) is 20.9. The predicted octanol–water partition coefficient (Wildman–Crippen LogP) is 2.40. The number of hydrogen-bond acceptors (Lipinski definition) is 6. The maximum absolute atomic E-state index is 12.5. The Morgan fingerprint density at radius 3 is 2.53 bits per heavy atom. The number of likely N-dealkylation sites (tertiary alicyclic amines) is 1. The van der Waals surface area contributed by atoms with Gasteiger partial charge in [-0.05, 0) is 43.6 Å². The van der Waals surface area contributed by atoms with Gasteiger partial charge in [0, 0.05) is 6.54 Å². The summed E-state index contributed by atoms with van der Waals surface area (Å²) in [4.78, 5) is 29.6. The highest BCUT2D eigenvalue weighted by atomic mass is 16.3. The van der Waals surface area contributed by atoms with Crippen molar-refractivity contribution >= 4 is 11.5 Å². The first-order valence-electron chi connectivity index (χ1n) is 10.3. The van der Waals surface area contributed by atoms with Crippen LogP contribution in [0.15, 0.2) is 62.7 Å². The molecule has 4 N–H and O–H groups in total. The van der Waals surface area contributed by atoms with E-state index >= 15 is 0 Å². The van der Waals surface area contributed by atoms with Crippen molar-refractivity contribution in [3.8, 4) is 0 Å². The summed E-state index contributed by atoms with van der Waals surface area (Å²) in [6.45, 7) is 2.69. The maximum atomic E-state index is 12.5. The summed E-state index contributed by atoms with van der Waals surface area (Å²) in [5.74, 6) is 0.974. The van der Waals surface area contributed by atoms with Crippen molar-refractivity contribution in [2.24, 2.45) is 0 Å². The molecule has 1 aromatic carbocycles. The van der Waals surface area contributed by atoms with E-state index in [0.717, 1.165) is 37.3 Å². The van der Waals surface area contributed by atoms with Gasteiger partial charge >= 0.3 is 5.69 Å². The van der Waals surface area contributed by atoms with Gasteiger partial charge in [-0.25, -0.2) is 4.79 Å². The van der Waals surface area contributed by atoms with E-state index in [1.165, 1.54) is 11.0 Å². The van der Waals surface area contributed by atoms with Crippen molar-refractivity contribution in [3.05, 3.63) is 80.9 Å². The molecule has 3 aromatic rings. The number of H-pyrrole nitrogens is 1. The zero-order valence-electron chi connectivity index (χ0n) is 16.8. The van der Waals surface area contributed by atoms with Gasteiger partial charge in [0.05, 0.1) is 18.8 Å². The Morgan fingerprint density at radius 1 is 1.07 bits per heavy atom. The van der Waals surface area contributed by atoms with E-state index in [4.69, 9.17) is 10.2 Å². The average molecular weight is 409 g/mol. The van der Waals surface area contributed by atoms with Crippen molar-refractivity contribution in [2.75, 3.05) is 30.7 Å². The quantitative estimate of drug-likeness (QED) is 0.553. The molecule has 1 saturated heterocycles. The molecule has 0 aliphatic carbocycles. The van der Waals surface area contributed by atoms with Gasteiger partial charge < -0.3 is 15.5 Å². The van der Waals surface area contributed by atoms with E-state index in [2.05, 4.69) is 15.2 Å². The smallest absolute Gasteiger partial charge is 0.330 e. The number of nitrogens with two attached hydrogens (primary N) is 1. The highest BCUT2D eigenvalue weighted by molar-refractivity contribution is 5.60. The van der Waals surface area contributed by atoms with Crippen LogP contribution in [-0.4, -0.2) is 34.1 Å². The summed E-state index contributed by atoms with van der Waals surface area (Å²) in [7, 11) is 0. The highest BCUT2D eigenvalue weighted by Gasteiger charge is 2.25. The van der Waals surface area contributed by atoms with Crippen molar-refractivity contribution in [2.45, 2.75) is 31.8 Å². The number of aromatic amines is 1. The van der Waals surface area contributed by atoms with Crippen LogP contribution in [0, 0.1) is 0 Å². The largest absolute Gasteiger partial charge is 0.468 e. The van der Waals surface area contributed by atoms with E-state index in [1.807, 2.05) is 42.5 Å². The van der Waals surface area contributed by atoms with Crippen molar-refractivity contribution in [1.82, 2.24) is 14.5 Å². The van der Waals surface area contributed by atoms with Crippen LogP contribution in [0.2, 0.25) is 0 Å². The van der Waals surface area contributed by atoms with Gasteiger partial charge in [0.15, 0.2) is 0 Å². The fraction of sp³-hybridized carbons (Fsp3) is 0.364. The second-order valence-electron chi connectivity index (χ2n) is 7.60. The van der Waals surface area contributed by atoms with E-state index in [1.54, 1.807) is 6.26 Å². The zero-order valence-corrected chi connectivity index (χ0v) is 16.8. The summed E-state index contributed by atoms with van der Waals surface area (Å²) in [6, 6.07) is 13.3. The molecule has 1 atom stereocenters. The molecule has 0 amide bonds. The highest BCUT2D eigenvalue weighted by Crippen LogP contribution is 2.26. The third-order valence-corrected chi connectivity index (χ3v) is 5.60. The van der Waals surface area contributed by atoms with Crippen LogP contribution in [0.3, 0.4) is 0 Å². The summed E-state index contributed by atoms with van der Waals surface area (Å²) < 4.78 is 7.04. The minimum Gasteiger partial charge on any atom is -0.468 e. The number of benzene rings is 1. The third-order valence-electron chi connectivity index (χ3n) is 5.60. The van der Waals surface area contributed by atoms with Crippen LogP contribution in [-0.2, 0) is 6.54 Å². The number of rotatable bonds is 7. The number of piperidine rings is 1. The van der Waals surface area contributed by atoms with Gasteiger partial charge in [-0.2, -0.15) is 0 Å². The molecule has 4 rings (SSSR count). The molecular formula is C22H27N5O3. The summed E-state index contributed by atoms with van der Waals surface area (Å²) in [6.07, 6.45) is 5.17. The first kappa shape index (κ1) is 20.0. The standard InChI is InChI=1S/C22H27N5O3/c23-20-19(21(28)25-22(29)27(20)15-16-8-3-1-4-9-16)24-14-17(18-10-7-13-30-18)26-11-5-2-6-12-26/h1,3-4,7-10,13,17,24H,2,5-6,11-12,14-15,23H2,(H,25,28,29)/t17-/m0/s1. The molecule has 8 heteroatoms. The predicted molar refractivity (Wildman–Crippen MR) is 117 cm³/mol. The molecule has 1 fully saturated rings. The molecule has 2 aromatic heterocycles. The number of anilines is 2. The second kappa shape index (κ2) is 9.04. The van der Waals surface area contributed by atoms with E-state index in [0.29, 0.717) is 6.54 Å². The summed E-state index contributed by atoms with van der Waals surface area (Å²) >= 11 is 0. The van der Waals surface area contributed by atoms with E-state index in [-0.39, 0.29) is 24.1 Å². The van der Waals surface area contributed by atoms with Gasteiger partial charge in [-0.15, -0.1) is 0 Å². The van der Waals surface area contributed by atoms with Crippen LogP contribution in [0.25, 0.3) is 0 Å². The van der Waals surface area contributed by atoms with Gasteiger partial charge in [-0.3, -0.25) is 19.2 Å². The Hall–Kier alpha value is -3.26. The maximum Gasteiger partial charge on any atom is 0.330 e. The van der Waals surface area contributed by atoms with Gasteiger partial charge in [0.2, 0.25) is 0 Å². The number of hydrogen-bond donors (Lipinski definition) is 3. The molecule has 1 aliphatic rings. The summed E-state index contributed by atoms with van der Waals surface area (Å²) in [5.41, 5.74) is 6.35. The molecule has 3 heterocycles. The Kier molecular flexibility index (Phi) is 6.04. The topological polar surface area (TPSA) is 109 Å². The lowest BCUT2D eigenvalue weighted by atomic mass is 10.1. The third kappa shape index (κ3) is 4.33. The van der Waals surface area contributed by atoms with Gasteiger partial charge in [-0.1, -0.05) is 36.8 Å². The molecule has 0 unspecified atom stereocenters. The fourth-order valence-electron chi connectivity index (χ4n) is 4.00. The van der Waals surface area contributed by atoms with Crippen LogP contribution in [0.4, 0.5) is 11.5 Å². The van der Waals surface area contributed by atoms with E-state index in [9.17, 15) is 9.59 Å². The van der Waals surface area contributed by atoms with Gasteiger partial charge in [0.1, 0.15) is 17.3 Å². The number of nitrogens with zero attached hydrogens (tertiary/aromatic N) is 2. The normalized spacial score (nSPS) is 15.7. The molecule has 0 radical (unpaired) electrons. The Labute approximate surface area is 174 Å². The van der Waals surface area contributed by atoms with Crippen LogP contribution in [0.1, 0.15) is 36.6 Å². The van der Waals surface area contributed by atoms with Crippen molar-refractivity contribution in [3.63, 3.8) is 0 Å². The van der Waals surface area contributed by atoms with Crippen LogP contribution in [0.5, 0.6) is 0 Å². The lowest BCUT2D eigenvalue weighted by Gasteiger charge is -2.33. The Morgan fingerprint density at radius 2 is 1.83 bits per heavy atom. The Bertz CT molecular complexity index is 1070. The number of aromatic nitrogens is 2. The molecule has 1 aliphatic heterocycles. The van der Waals surface area contributed by atoms with Crippen molar-refractivity contribution < 1.29 is 4.42 Å². The average Bonchev–Trinajstić information content (AvgIpc) is 3.29. The molecule has 0 saturated carbocycles. The number of nitrogen functional groups attached to an aromatic ring is 1. The van der Waals surface area contributed by atoms with Crippen LogP contribution < -0.4 is 22.3 Å². The number of nitrogens with one attached hydrogen (secondary N) is 2. The second-order valence-corrected chi connectivity index (χ2v) is 7.60. The lowest BCUT2D eigenvalue weighted by Crippen LogP contribution is -2.39. The van der Waals surface area contributed by atoms with E-state index < -0.39 is 11.2 Å². The van der Waals surface area contributed by atoms with Gasteiger partial charge in [0.25, 0.3) is 5.56 Å². The lowest BCUT2D eigenvalue weighted by molar-refractivity contribution is 0.153. The molecule has 0 bridgehead atoms. The molecule has 0 spiro atoms. The minimum atomic E-state index is -0.523. The number of furan rings is 1. The SMILES string of the molecule is Nc1c(NC[C@@H](c2ccco2)N2CCCCC2)c(=O)[nH]c(=O)n1Cc1ccccc1. The minimum absolute atomic E-state index is 0.0198. The molecule has 8 nitrogen and oxygen atoms in total. The fourth-order valence-corrected chi connectivity index (χ4v) is 4.00. The Balaban J connectivity index is 1.59. The first-order valence-corrected chi connectivity index (χ1v) is 10.3. The molecular weight excluding hydrogens is 382 g/mol. The summed E-state index contributed by atoms with van der Waals surface area (Å²) in [5, 5.41) is 3.19. The first-order chi connectivity index (χ1) is 14.6. The monoisotopic (exact) mass is 409 g/mol. The van der Waals surface area contributed by atoms with Crippen molar-refractivity contribution in [1.29, 1.82) is 0 Å². The molecule has 158 valence electrons. The molecule has 30 heavy (non-hydrogen) atoms.